The molecule has 1 amide bonds. The number of rotatable bonds is 8. The molecule has 1 fully saturated rings. The number of fused-ring (bicyclic) bond motifs is 1. The molecule has 0 spiro atoms. The highest BCUT2D eigenvalue weighted by atomic mass is 32.2. The second-order valence-electron chi connectivity index (χ2n) is 9.49. The molecular weight excluding hydrogens is 544 g/mol. The number of halogens is 2. The van der Waals surface area contributed by atoms with E-state index in [-0.39, 0.29) is 34.1 Å². The van der Waals surface area contributed by atoms with Gasteiger partial charge in [-0.1, -0.05) is 0 Å². The van der Waals surface area contributed by atoms with Crippen LogP contribution in [0.1, 0.15) is 50.6 Å². The van der Waals surface area contributed by atoms with E-state index in [2.05, 4.69) is 14.8 Å². The summed E-state index contributed by atoms with van der Waals surface area (Å²) in [4.78, 5) is 24.8. The van der Waals surface area contributed by atoms with Crippen molar-refractivity contribution in [1.29, 1.82) is 0 Å². The van der Waals surface area contributed by atoms with Crippen LogP contribution in [0.4, 0.5) is 20.2 Å². The zero-order valence-electron chi connectivity index (χ0n) is 21.5. The molecule has 0 bridgehead atoms. The van der Waals surface area contributed by atoms with Crippen molar-refractivity contribution >= 4 is 44.2 Å². The number of ether oxygens (including phenoxy) is 1. The van der Waals surface area contributed by atoms with Crippen LogP contribution in [-0.4, -0.2) is 34.5 Å². The molecule has 1 aliphatic carbocycles. The van der Waals surface area contributed by atoms with Crippen LogP contribution in [0, 0.1) is 11.6 Å². The summed E-state index contributed by atoms with van der Waals surface area (Å²) >= 11 is 0. The van der Waals surface area contributed by atoms with Gasteiger partial charge in [-0.25, -0.2) is 22.0 Å². The smallest absolute Gasteiger partial charge is 0.340 e. The molecule has 5 rings (SSSR count). The van der Waals surface area contributed by atoms with E-state index < -0.39 is 45.0 Å². The minimum atomic E-state index is -4.12. The number of hydrogen-bond donors (Lipinski definition) is 3. The Morgan fingerprint density at radius 3 is 2.42 bits per heavy atom. The average molecular weight is 570 g/mol. The highest BCUT2D eigenvalue weighted by molar-refractivity contribution is 7.91. The van der Waals surface area contributed by atoms with E-state index >= 15 is 0 Å². The van der Waals surface area contributed by atoms with Crippen LogP contribution in [0.2, 0.25) is 0 Å². The number of carbonyl (C=O) groups excluding carboxylic acids is 2. The van der Waals surface area contributed by atoms with E-state index in [0.29, 0.717) is 16.5 Å². The van der Waals surface area contributed by atoms with Gasteiger partial charge in [0.25, 0.3) is 5.91 Å². The number of nitrogen functional groups attached to an aromatic ring is 1. The third kappa shape index (κ3) is 5.22. The zero-order valence-corrected chi connectivity index (χ0v) is 22.3. The lowest BCUT2D eigenvalue weighted by atomic mass is 9.98. The molecule has 4 aromatic rings. The van der Waals surface area contributed by atoms with Crippen LogP contribution in [0.15, 0.2) is 52.9 Å². The standard InChI is InChI=1S/C28H25F2N3O6S/c1-32-27(34)24-20-12-19(14-3-4-14)16(9-23(20)39-26(24)15-5-7-17(29)8-6-15)13-40(36,37)33-18-10-21(28(35)38-2)25(31)22(30)11-18/h5-12,14,33H,3-4,13,31H2,1-2H3,(H,32,34). The van der Waals surface area contributed by atoms with Crippen LogP contribution < -0.4 is 15.8 Å². The topological polar surface area (TPSA) is 141 Å². The predicted octanol–water partition coefficient (Wildman–Crippen LogP) is 4.93. The number of hydrogen-bond acceptors (Lipinski definition) is 7. The monoisotopic (exact) mass is 569 g/mol. The Hall–Kier alpha value is -4.45. The van der Waals surface area contributed by atoms with Crippen molar-refractivity contribution in [3.05, 3.63) is 82.4 Å². The van der Waals surface area contributed by atoms with Gasteiger partial charge >= 0.3 is 5.97 Å². The zero-order chi connectivity index (χ0) is 28.8. The van der Waals surface area contributed by atoms with Gasteiger partial charge in [-0.2, -0.15) is 0 Å². The number of methoxy groups -OCH3 is 1. The van der Waals surface area contributed by atoms with Crippen molar-refractivity contribution in [2.24, 2.45) is 0 Å². The highest BCUT2D eigenvalue weighted by Crippen LogP contribution is 2.45. The van der Waals surface area contributed by atoms with E-state index in [1.54, 1.807) is 12.1 Å². The average Bonchev–Trinajstić information content (AvgIpc) is 3.69. The Balaban J connectivity index is 1.56. The van der Waals surface area contributed by atoms with E-state index in [0.717, 1.165) is 37.6 Å². The Morgan fingerprint density at radius 2 is 1.80 bits per heavy atom. The van der Waals surface area contributed by atoms with E-state index in [1.807, 2.05) is 0 Å². The van der Waals surface area contributed by atoms with Crippen molar-refractivity contribution in [3.8, 4) is 11.3 Å². The molecule has 208 valence electrons. The summed E-state index contributed by atoms with van der Waals surface area (Å²) in [5.41, 5.74) is 6.84. The quantitative estimate of drug-likeness (QED) is 0.202. The SMILES string of the molecule is CNC(=O)c1c(-c2ccc(F)cc2)oc2cc(CS(=O)(=O)Nc3cc(F)c(N)c(C(=O)OC)c3)c(C3CC3)cc12. The minimum absolute atomic E-state index is 0.0937. The Morgan fingerprint density at radius 1 is 1.10 bits per heavy atom. The number of sulfonamides is 1. The number of carbonyl (C=O) groups is 2. The molecule has 0 aliphatic heterocycles. The summed E-state index contributed by atoms with van der Waals surface area (Å²) in [5.74, 6) is -2.92. The van der Waals surface area contributed by atoms with Crippen molar-refractivity contribution in [3.63, 3.8) is 0 Å². The molecule has 0 radical (unpaired) electrons. The molecule has 40 heavy (non-hydrogen) atoms. The minimum Gasteiger partial charge on any atom is -0.465 e. The summed E-state index contributed by atoms with van der Waals surface area (Å²) in [6.07, 6.45) is 1.69. The number of benzene rings is 3. The summed E-state index contributed by atoms with van der Waals surface area (Å²) < 4.78 is 67.3. The molecular formula is C28H25F2N3O6S. The van der Waals surface area contributed by atoms with Gasteiger partial charge in [0.1, 0.15) is 23.0 Å². The normalized spacial score (nSPS) is 13.3. The van der Waals surface area contributed by atoms with Crippen LogP contribution >= 0.6 is 0 Å². The second kappa shape index (κ2) is 10.3. The van der Waals surface area contributed by atoms with Gasteiger partial charge in [0.2, 0.25) is 10.0 Å². The van der Waals surface area contributed by atoms with Crippen LogP contribution in [0.3, 0.4) is 0 Å². The number of nitrogens with two attached hydrogens (primary N) is 1. The lowest BCUT2D eigenvalue weighted by Gasteiger charge is -2.14. The fourth-order valence-corrected chi connectivity index (χ4v) is 5.84. The maximum atomic E-state index is 14.4. The van der Waals surface area contributed by atoms with Gasteiger partial charge in [0.05, 0.1) is 35.4 Å². The van der Waals surface area contributed by atoms with Gasteiger partial charge < -0.3 is 20.2 Å². The number of anilines is 2. The van der Waals surface area contributed by atoms with Crippen LogP contribution in [0.25, 0.3) is 22.3 Å². The molecule has 3 aromatic carbocycles. The molecule has 1 aliphatic rings. The number of esters is 1. The van der Waals surface area contributed by atoms with Crippen molar-refractivity contribution < 1.29 is 35.9 Å². The molecule has 0 saturated heterocycles. The molecule has 0 atom stereocenters. The first-order valence-corrected chi connectivity index (χ1v) is 13.9. The summed E-state index contributed by atoms with van der Waals surface area (Å²) in [6, 6.07) is 10.8. The van der Waals surface area contributed by atoms with E-state index in [9.17, 15) is 26.8 Å². The summed E-state index contributed by atoms with van der Waals surface area (Å²) in [7, 11) is -1.54. The Bertz CT molecular complexity index is 1760. The molecule has 1 aromatic heterocycles. The van der Waals surface area contributed by atoms with Gasteiger partial charge in [0.15, 0.2) is 0 Å². The van der Waals surface area contributed by atoms with Gasteiger partial charge in [0, 0.05) is 24.1 Å². The maximum Gasteiger partial charge on any atom is 0.340 e. The van der Waals surface area contributed by atoms with Crippen molar-refractivity contribution in [2.75, 3.05) is 24.6 Å². The second-order valence-corrected chi connectivity index (χ2v) is 11.2. The third-order valence-corrected chi connectivity index (χ3v) is 7.92. The fourth-order valence-electron chi connectivity index (χ4n) is 4.63. The molecule has 1 saturated carbocycles. The maximum absolute atomic E-state index is 14.4. The number of nitrogens with one attached hydrogen (secondary N) is 2. The Labute approximate surface area is 228 Å². The first-order chi connectivity index (χ1) is 19.0. The number of furan rings is 1. The number of amides is 1. The predicted molar refractivity (Wildman–Crippen MR) is 145 cm³/mol. The van der Waals surface area contributed by atoms with E-state index in [1.165, 1.54) is 31.3 Å². The lowest BCUT2D eigenvalue weighted by Crippen LogP contribution is -2.18. The summed E-state index contributed by atoms with van der Waals surface area (Å²) in [5, 5.41) is 3.10. The molecule has 9 nitrogen and oxygen atoms in total. The first kappa shape index (κ1) is 27.1. The lowest BCUT2D eigenvalue weighted by molar-refractivity contribution is 0.0601. The van der Waals surface area contributed by atoms with E-state index in [4.69, 9.17) is 10.2 Å². The van der Waals surface area contributed by atoms with Gasteiger partial charge in [-0.3, -0.25) is 9.52 Å². The third-order valence-electron chi connectivity index (χ3n) is 6.68. The Kier molecular flexibility index (Phi) is 6.96. The van der Waals surface area contributed by atoms with Crippen LogP contribution in [0.5, 0.6) is 0 Å². The first-order valence-electron chi connectivity index (χ1n) is 12.3. The molecule has 1 heterocycles. The molecule has 12 heteroatoms. The van der Waals surface area contributed by atoms with Crippen LogP contribution in [-0.2, 0) is 20.5 Å². The fraction of sp³-hybridized carbons (Fsp3) is 0.214. The van der Waals surface area contributed by atoms with Crippen molar-refractivity contribution in [1.82, 2.24) is 5.32 Å². The van der Waals surface area contributed by atoms with Gasteiger partial charge in [-0.05, 0) is 72.4 Å². The highest BCUT2D eigenvalue weighted by Gasteiger charge is 2.31. The summed E-state index contributed by atoms with van der Waals surface area (Å²) in [6.45, 7) is 0. The van der Waals surface area contributed by atoms with Crippen molar-refractivity contribution in [2.45, 2.75) is 24.5 Å². The van der Waals surface area contributed by atoms with Gasteiger partial charge in [-0.15, -0.1) is 0 Å². The molecule has 0 unspecified atom stereocenters. The molecule has 4 N–H and O–H groups in total. The largest absolute Gasteiger partial charge is 0.465 e.